The fraction of sp³-hybridized carbons (Fsp3) is 0.350. The lowest BCUT2D eigenvalue weighted by Gasteiger charge is -2.32. The van der Waals surface area contributed by atoms with Gasteiger partial charge in [-0.1, -0.05) is 23.7 Å². The van der Waals surface area contributed by atoms with Gasteiger partial charge < -0.3 is 10.6 Å². The van der Waals surface area contributed by atoms with Crippen LogP contribution in [0.3, 0.4) is 0 Å². The zero-order valence-corrected chi connectivity index (χ0v) is 17.6. The zero-order valence-electron chi connectivity index (χ0n) is 16.0. The molecule has 152 valence electrons. The van der Waals surface area contributed by atoms with Crippen LogP contribution < -0.4 is 10.6 Å². The summed E-state index contributed by atoms with van der Waals surface area (Å²) < 4.78 is 14.1. The second-order valence-electron chi connectivity index (χ2n) is 7.09. The number of rotatable bonds is 6. The van der Waals surface area contributed by atoms with Gasteiger partial charge >= 0.3 is 0 Å². The quantitative estimate of drug-likeness (QED) is 0.580. The molecule has 0 spiro atoms. The van der Waals surface area contributed by atoms with Crippen molar-refractivity contribution in [2.24, 2.45) is 0 Å². The van der Waals surface area contributed by atoms with Crippen molar-refractivity contribution in [1.29, 1.82) is 0 Å². The van der Waals surface area contributed by atoms with Gasteiger partial charge in [0.1, 0.15) is 11.6 Å². The summed E-state index contributed by atoms with van der Waals surface area (Å²) in [6.07, 6.45) is 3.63. The predicted molar refractivity (Wildman–Crippen MR) is 115 cm³/mol. The van der Waals surface area contributed by atoms with Crippen LogP contribution in [-0.2, 0) is 6.54 Å². The maximum atomic E-state index is 14.1. The van der Waals surface area contributed by atoms with E-state index in [-0.39, 0.29) is 16.9 Å². The minimum absolute atomic E-state index is 0.179. The van der Waals surface area contributed by atoms with Gasteiger partial charge in [0.25, 0.3) is 0 Å². The third-order valence-corrected chi connectivity index (χ3v) is 5.85. The Morgan fingerprint density at radius 1 is 1.28 bits per heavy atom. The van der Waals surface area contributed by atoms with E-state index in [9.17, 15) is 4.39 Å². The van der Waals surface area contributed by atoms with E-state index < -0.39 is 0 Å². The number of nitrogens with zero attached hydrogens (tertiary/aromatic N) is 4. The standard InChI is InChI=1S/C20H22ClFN6S/c1-13-11-17(27-20-23-7-10-29-20)26-19(24-13)25-15-5-8-28(9-6-15)12-14-3-2-4-16(21)18(14)22/h2-4,7,10-11,15H,5-6,8-9,12H2,1H3,(H2,23,24,25,26,27). The van der Waals surface area contributed by atoms with Gasteiger partial charge in [-0.3, -0.25) is 4.90 Å². The Balaban J connectivity index is 1.33. The van der Waals surface area contributed by atoms with Gasteiger partial charge in [-0.05, 0) is 25.8 Å². The number of benzene rings is 1. The summed E-state index contributed by atoms with van der Waals surface area (Å²) in [5.41, 5.74) is 1.53. The number of hydrogen-bond donors (Lipinski definition) is 2. The lowest BCUT2D eigenvalue weighted by molar-refractivity contribution is 0.208. The summed E-state index contributed by atoms with van der Waals surface area (Å²) in [4.78, 5) is 15.6. The van der Waals surface area contributed by atoms with Gasteiger partial charge in [0.05, 0.1) is 5.02 Å². The molecule has 0 atom stereocenters. The molecule has 0 saturated carbocycles. The Morgan fingerprint density at radius 2 is 2.10 bits per heavy atom. The summed E-state index contributed by atoms with van der Waals surface area (Å²) in [7, 11) is 0. The number of halogens is 2. The fourth-order valence-electron chi connectivity index (χ4n) is 3.42. The number of nitrogens with one attached hydrogen (secondary N) is 2. The van der Waals surface area contributed by atoms with Crippen molar-refractivity contribution in [3.8, 4) is 0 Å². The Kier molecular flexibility index (Phi) is 6.22. The molecule has 1 fully saturated rings. The summed E-state index contributed by atoms with van der Waals surface area (Å²) in [6.45, 7) is 4.27. The average molecular weight is 433 g/mol. The number of likely N-dealkylation sites (tertiary alicyclic amines) is 1. The highest BCUT2D eigenvalue weighted by Gasteiger charge is 2.21. The van der Waals surface area contributed by atoms with Crippen LogP contribution in [0.4, 0.5) is 21.3 Å². The van der Waals surface area contributed by atoms with Gasteiger partial charge in [-0.15, -0.1) is 11.3 Å². The van der Waals surface area contributed by atoms with Crippen molar-refractivity contribution in [3.63, 3.8) is 0 Å². The minimum Gasteiger partial charge on any atom is -0.351 e. The van der Waals surface area contributed by atoms with E-state index in [1.54, 1.807) is 24.4 Å². The molecule has 4 rings (SSSR count). The Bertz CT molecular complexity index is 960. The molecule has 0 radical (unpaired) electrons. The monoisotopic (exact) mass is 432 g/mol. The predicted octanol–water partition coefficient (Wildman–Crippen LogP) is 4.85. The largest absolute Gasteiger partial charge is 0.351 e. The van der Waals surface area contributed by atoms with Gasteiger partial charge in [-0.2, -0.15) is 4.98 Å². The number of aromatic nitrogens is 3. The van der Waals surface area contributed by atoms with Crippen molar-refractivity contribution in [3.05, 3.63) is 57.9 Å². The van der Waals surface area contributed by atoms with E-state index >= 15 is 0 Å². The highest BCUT2D eigenvalue weighted by molar-refractivity contribution is 7.13. The van der Waals surface area contributed by atoms with Crippen LogP contribution in [0.25, 0.3) is 0 Å². The molecule has 1 aromatic carbocycles. The molecule has 29 heavy (non-hydrogen) atoms. The number of thiazole rings is 1. The summed E-state index contributed by atoms with van der Waals surface area (Å²) >= 11 is 7.41. The van der Waals surface area contributed by atoms with Crippen molar-refractivity contribution in [2.75, 3.05) is 23.7 Å². The lowest BCUT2D eigenvalue weighted by atomic mass is 10.0. The highest BCUT2D eigenvalue weighted by Crippen LogP contribution is 2.23. The van der Waals surface area contributed by atoms with E-state index in [1.165, 1.54) is 11.3 Å². The number of anilines is 3. The summed E-state index contributed by atoms with van der Waals surface area (Å²) in [5, 5.41) is 9.55. The molecule has 2 aromatic heterocycles. The molecule has 1 aliphatic heterocycles. The molecule has 0 amide bonds. The Hall–Kier alpha value is -2.29. The first-order valence-corrected chi connectivity index (χ1v) is 10.8. The van der Waals surface area contributed by atoms with Crippen molar-refractivity contribution >= 4 is 39.8 Å². The summed E-state index contributed by atoms with van der Waals surface area (Å²) in [6, 6.07) is 7.35. The smallest absolute Gasteiger partial charge is 0.225 e. The van der Waals surface area contributed by atoms with Crippen LogP contribution in [0.5, 0.6) is 0 Å². The average Bonchev–Trinajstić information content (AvgIpc) is 3.19. The Labute approximate surface area is 178 Å². The highest BCUT2D eigenvalue weighted by atomic mass is 35.5. The first kappa shape index (κ1) is 20.0. The Morgan fingerprint density at radius 3 is 2.86 bits per heavy atom. The second-order valence-corrected chi connectivity index (χ2v) is 8.39. The molecular formula is C20H22ClFN6S. The summed E-state index contributed by atoms with van der Waals surface area (Å²) in [5.74, 6) is 1.02. The topological polar surface area (TPSA) is 66.0 Å². The minimum atomic E-state index is -0.317. The molecule has 1 saturated heterocycles. The molecule has 0 unspecified atom stereocenters. The zero-order chi connectivity index (χ0) is 20.2. The van der Waals surface area contributed by atoms with E-state index in [4.69, 9.17) is 11.6 Å². The molecule has 9 heteroatoms. The normalized spacial score (nSPS) is 15.4. The third kappa shape index (κ3) is 5.20. The number of piperidine rings is 1. The third-order valence-electron chi connectivity index (χ3n) is 4.87. The van der Waals surface area contributed by atoms with Gasteiger partial charge in [0, 0.05) is 54.6 Å². The van der Waals surface area contributed by atoms with Crippen molar-refractivity contribution in [1.82, 2.24) is 19.9 Å². The van der Waals surface area contributed by atoms with Crippen molar-refractivity contribution in [2.45, 2.75) is 32.4 Å². The molecule has 6 nitrogen and oxygen atoms in total. The molecular weight excluding hydrogens is 411 g/mol. The molecule has 1 aliphatic rings. The first-order valence-electron chi connectivity index (χ1n) is 9.51. The van der Waals surface area contributed by atoms with Crippen LogP contribution in [-0.4, -0.2) is 39.0 Å². The molecule has 3 aromatic rings. The SMILES string of the molecule is Cc1cc(Nc2nccs2)nc(NC2CCN(Cc3cccc(Cl)c3F)CC2)n1. The van der Waals surface area contributed by atoms with E-state index in [2.05, 4.69) is 30.5 Å². The lowest BCUT2D eigenvalue weighted by Crippen LogP contribution is -2.39. The number of hydrogen-bond acceptors (Lipinski definition) is 7. The van der Waals surface area contributed by atoms with Crippen molar-refractivity contribution < 1.29 is 4.39 Å². The first-order chi connectivity index (χ1) is 14.1. The van der Waals surface area contributed by atoms with Crippen LogP contribution >= 0.6 is 22.9 Å². The molecule has 2 N–H and O–H groups in total. The fourth-order valence-corrected chi connectivity index (χ4v) is 4.15. The molecule has 0 aliphatic carbocycles. The molecule has 3 heterocycles. The van der Waals surface area contributed by atoms with Crippen LogP contribution in [0.15, 0.2) is 35.8 Å². The van der Waals surface area contributed by atoms with E-state index in [1.807, 2.05) is 18.4 Å². The van der Waals surface area contributed by atoms with E-state index in [0.717, 1.165) is 42.6 Å². The molecule has 0 bridgehead atoms. The van der Waals surface area contributed by atoms with Gasteiger partial charge in [-0.25, -0.2) is 14.4 Å². The maximum absolute atomic E-state index is 14.1. The van der Waals surface area contributed by atoms with Crippen LogP contribution in [0.1, 0.15) is 24.1 Å². The van der Waals surface area contributed by atoms with Crippen LogP contribution in [0.2, 0.25) is 5.02 Å². The maximum Gasteiger partial charge on any atom is 0.225 e. The second kappa shape index (κ2) is 9.02. The van der Waals surface area contributed by atoms with Gasteiger partial charge in [0.15, 0.2) is 5.13 Å². The number of aryl methyl sites for hydroxylation is 1. The van der Waals surface area contributed by atoms with Crippen LogP contribution in [0, 0.1) is 12.7 Å². The van der Waals surface area contributed by atoms with E-state index in [0.29, 0.717) is 18.1 Å². The van der Waals surface area contributed by atoms with Gasteiger partial charge in [0.2, 0.25) is 5.95 Å².